The third-order valence-corrected chi connectivity index (χ3v) is 4.72. The lowest BCUT2D eigenvalue weighted by molar-refractivity contribution is -0.140. The molecule has 5 atom stereocenters. The molecule has 2 aliphatic heterocycles. The molecule has 0 bridgehead atoms. The predicted octanol–water partition coefficient (Wildman–Crippen LogP) is 0.705. The van der Waals surface area contributed by atoms with Gasteiger partial charge in [0.1, 0.15) is 12.2 Å². The number of fused-ring (bicyclic) bond motifs is 3. The van der Waals surface area contributed by atoms with Gasteiger partial charge in [0.25, 0.3) is 0 Å². The first-order valence-corrected chi connectivity index (χ1v) is 7.01. The Hall–Kier alpha value is -1.17. The monoisotopic (exact) mass is 280 g/mol. The van der Waals surface area contributed by atoms with Crippen LogP contribution < -0.4 is 0 Å². The number of hydrogen-bond acceptors (Lipinski definition) is 5. The fraction of sp³-hybridized carbons (Fsp3) is 0.667. The second-order valence-electron chi connectivity index (χ2n) is 6.08. The molecule has 2 N–H and O–H groups in total. The zero-order valence-corrected chi connectivity index (χ0v) is 11.5. The minimum absolute atomic E-state index is 0.119. The van der Waals surface area contributed by atoms with E-state index in [0.717, 1.165) is 12.8 Å². The summed E-state index contributed by atoms with van der Waals surface area (Å²) in [5.41, 5.74) is 0.705. The largest absolute Gasteiger partial charge is 0.455 e. The molecule has 2 fully saturated rings. The number of esters is 1. The number of aliphatic hydroxyl groups is 2. The zero-order chi connectivity index (χ0) is 14.5. The van der Waals surface area contributed by atoms with E-state index in [1.807, 2.05) is 13.0 Å². The molecule has 2 heterocycles. The fourth-order valence-electron chi connectivity index (χ4n) is 3.29. The summed E-state index contributed by atoms with van der Waals surface area (Å²) in [5, 5.41) is 19.6. The van der Waals surface area contributed by atoms with Crippen molar-refractivity contribution >= 4 is 5.97 Å². The molecule has 0 unspecified atom stereocenters. The van der Waals surface area contributed by atoms with E-state index >= 15 is 0 Å². The van der Waals surface area contributed by atoms with Crippen molar-refractivity contribution in [3.63, 3.8) is 0 Å². The second-order valence-corrected chi connectivity index (χ2v) is 6.08. The van der Waals surface area contributed by atoms with Crippen molar-refractivity contribution in [1.29, 1.82) is 0 Å². The van der Waals surface area contributed by atoms with E-state index in [4.69, 9.17) is 9.47 Å². The maximum Gasteiger partial charge on any atom is 0.334 e. The van der Waals surface area contributed by atoms with Gasteiger partial charge in [-0.1, -0.05) is 12.7 Å². The first kappa shape index (κ1) is 13.8. The lowest BCUT2D eigenvalue weighted by Crippen LogP contribution is -2.32. The zero-order valence-electron chi connectivity index (χ0n) is 11.5. The molecule has 0 amide bonds. The molecule has 0 radical (unpaired) electrons. The SMILES string of the molecule is C=C1C(=O)O[C@@H]2[C@H]3O[C@]3(C)CC/C=C(\CO)[C@@H](O)C[C@@H]12. The van der Waals surface area contributed by atoms with Crippen LogP contribution in [0.5, 0.6) is 0 Å². The highest BCUT2D eigenvalue weighted by Crippen LogP contribution is 2.49. The van der Waals surface area contributed by atoms with E-state index in [2.05, 4.69) is 6.58 Å². The van der Waals surface area contributed by atoms with Gasteiger partial charge in [-0.2, -0.15) is 0 Å². The molecule has 20 heavy (non-hydrogen) atoms. The Bertz CT molecular complexity index is 483. The summed E-state index contributed by atoms with van der Waals surface area (Å²) in [7, 11) is 0. The highest BCUT2D eigenvalue weighted by atomic mass is 16.6. The van der Waals surface area contributed by atoms with Gasteiger partial charge in [0.2, 0.25) is 0 Å². The average molecular weight is 280 g/mol. The Balaban J connectivity index is 1.91. The average Bonchev–Trinajstić information content (AvgIpc) is 3.00. The maximum atomic E-state index is 11.7. The first-order valence-electron chi connectivity index (χ1n) is 7.01. The molecule has 0 aromatic rings. The second kappa shape index (κ2) is 4.69. The van der Waals surface area contributed by atoms with Crippen LogP contribution in [0.15, 0.2) is 23.8 Å². The standard InChI is InChI=1S/C15H20O5/c1-8-10-6-11(17)9(7-16)4-3-5-15(2)13(20-15)12(10)19-14(8)18/h4,10-13,16-17H,1,3,5-7H2,2H3/b9-4+/t10-,11-,12-,13+,15+/m0/s1. The summed E-state index contributed by atoms with van der Waals surface area (Å²) >= 11 is 0. The van der Waals surface area contributed by atoms with Crippen molar-refractivity contribution in [2.45, 2.75) is 50.1 Å². The Morgan fingerprint density at radius 3 is 3.00 bits per heavy atom. The summed E-state index contributed by atoms with van der Waals surface area (Å²) in [6.07, 6.45) is 2.45. The summed E-state index contributed by atoms with van der Waals surface area (Å²) in [6.45, 7) is 5.61. The van der Waals surface area contributed by atoms with Gasteiger partial charge in [0.05, 0.1) is 18.3 Å². The summed E-state index contributed by atoms with van der Waals surface area (Å²) in [6, 6.07) is 0. The van der Waals surface area contributed by atoms with Gasteiger partial charge in [0.15, 0.2) is 0 Å². The van der Waals surface area contributed by atoms with Crippen LogP contribution in [0.4, 0.5) is 0 Å². The molecule has 0 aromatic heterocycles. The van der Waals surface area contributed by atoms with Crippen LogP contribution in [0.2, 0.25) is 0 Å². The highest BCUT2D eigenvalue weighted by Gasteiger charge is 2.61. The van der Waals surface area contributed by atoms with E-state index in [-0.39, 0.29) is 30.3 Å². The third-order valence-electron chi connectivity index (χ3n) is 4.72. The molecule has 1 aliphatic carbocycles. The van der Waals surface area contributed by atoms with Gasteiger partial charge < -0.3 is 19.7 Å². The Kier molecular flexibility index (Phi) is 3.23. The van der Waals surface area contributed by atoms with Crippen molar-refractivity contribution in [3.8, 4) is 0 Å². The van der Waals surface area contributed by atoms with Gasteiger partial charge >= 0.3 is 5.97 Å². The molecular formula is C15H20O5. The van der Waals surface area contributed by atoms with Crippen LogP contribution in [0.1, 0.15) is 26.2 Å². The van der Waals surface area contributed by atoms with Crippen LogP contribution >= 0.6 is 0 Å². The third kappa shape index (κ3) is 2.10. The van der Waals surface area contributed by atoms with E-state index in [1.165, 1.54) is 0 Å². The Labute approximate surface area is 117 Å². The molecule has 5 heteroatoms. The minimum Gasteiger partial charge on any atom is -0.455 e. The van der Waals surface area contributed by atoms with Crippen LogP contribution in [0.3, 0.4) is 0 Å². The molecule has 5 nitrogen and oxygen atoms in total. The van der Waals surface area contributed by atoms with E-state index in [1.54, 1.807) is 0 Å². The van der Waals surface area contributed by atoms with Gasteiger partial charge in [-0.3, -0.25) is 0 Å². The molecule has 2 saturated heterocycles. The number of carbonyl (C=O) groups excluding carboxylic acids is 1. The van der Waals surface area contributed by atoms with Crippen molar-refractivity contribution < 1.29 is 24.5 Å². The molecule has 0 spiro atoms. The van der Waals surface area contributed by atoms with E-state index in [0.29, 0.717) is 17.6 Å². The first-order chi connectivity index (χ1) is 9.46. The van der Waals surface area contributed by atoms with E-state index in [9.17, 15) is 15.0 Å². The number of allylic oxidation sites excluding steroid dienone is 1. The highest BCUT2D eigenvalue weighted by molar-refractivity contribution is 5.91. The summed E-state index contributed by atoms with van der Waals surface area (Å²) in [5.74, 6) is -0.656. The van der Waals surface area contributed by atoms with E-state index < -0.39 is 12.1 Å². The van der Waals surface area contributed by atoms with Crippen LogP contribution in [-0.2, 0) is 14.3 Å². The smallest absolute Gasteiger partial charge is 0.334 e. The quantitative estimate of drug-likeness (QED) is 0.320. The van der Waals surface area contributed by atoms with Gasteiger partial charge in [-0.15, -0.1) is 0 Å². The number of aliphatic hydroxyl groups excluding tert-OH is 2. The summed E-state index contributed by atoms with van der Waals surface area (Å²) in [4.78, 5) is 11.7. The Morgan fingerprint density at radius 2 is 2.30 bits per heavy atom. The van der Waals surface area contributed by atoms with Crippen LogP contribution in [-0.4, -0.2) is 46.7 Å². The number of hydrogen-bond donors (Lipinski definition) is 2. The van der Waals surface area contributed by atoms with Crippen molar-refractivity contribution in [2.24, 2.45) is 5.92 Å². The molecule has 110 valence electrons. The molecule has 0 saturated carbocycles. The molecule has 3 rings (SSSR count). The molecular weight excluding hydrogens is 260 g/mol. The normalized spacial score (nSPS) is 46.9. The number of rotatable bonds is 1. The van der Waals surface area contributed by atoms with Crippen molar-refractivity contribution in [2.75, 3.05) is 6.61 Å². The predicted molar refractivity (Wildman–Crippen MR) is 70.8 cm³/mol. The lowest BCUT2D eigenvalue weighted by atomic mass is 9.83. The van der Waals surface area contributed by atoms with Crippen LogP contribution in [0, 0.1) is 5.92 Å². The number of epoxide rings is 1. The van der Waals surface area contributed by atoms with Gasteiger partial charge in [-0.05, 0) is 31.8 Å². The molecule has 0 aromatic carbocycles. The maximum absolute atomic E-state index is 11.7. The minimum atomic E-state index is -0.776. The Morgan fingerprint density at radius 1 is 1.55 bits per heavy atom. The molecule has 3 aliphatic rings. The lowest BCUT2D eigenvalue weighted by Gasteiger charge is -2.23. The number of ether oxygens (including phenoxy) is 2. The topological polar surface area (TPSA) is 79.3 Å². The van der Waals surface area contributed by atoms with Gasteiger partial charge in [0, 0.05) is 11.5 Å². The summed E-state index contributed by atoms with van der Waals surface area (Å²) < 4.78 is 11.1. The van der Waals surface area contributed by atoms with Crippen molar-refractivity contribution in [3.05, 3.63) is 23.8 Å². The van der Waals surface area contributed by atoms with Gasteiger partial charge in [-0.25, -0.2) is 4.79 Å². The number of carbonyl (C=O) groups is 1. The van der Waals surface area contributed by atoms with Crippen molar-refractivity contribution in [1.82, 2.24) is 0 Å². The van der Waals surface area contributed by atoms with Crippen LogP contribution in [0.25, 0.3) is 0 Å². The fourth-order valence-corrected chi connectivity index (χ4v) is 3.29.